The Morgan fingerprint density at radius 2 is 1.71 bits per heavy atom. The van der Waals surface area contributed by atoms with E-state index < -0.39 is 0 Å². The first kappa shape index (κ1) is 14.1. The van der Waals surface area contributed by atoms with Crippen molar-refractivity contribution >= 4 is 5.78 Å². The molecule has 3 rings (SSSR count). The van der Waals surface area contributed by atoms with Gasteiger partial charge in [-0.3, -0.25) is 4.79 Å². The number of aryl methyl sites for hydroxylation is 3. The Morgan fingerprint density at radius 1 is 1.10 bits per heavy atom. The molecule has 3 heteroatoms. The standard InChI is InChI=1S/C18H22N2O/c1-11-6-12(2)17(13(3)7-11)20-15-8-18(4,5)9-16(21)14(15)10-19-20/h6-7,10H,8-9H2,1-5H3. The molecule has 21 heavy (non-hydrogen) atoms. The number of benzene rings is 1. The Hall–Kier alpha value is -1.90. The highest BCUT2D eigenvalue weighted by Gasteiger charge is 2.34. The Labute approximate surface area is 126 Å². The lowest BCUT2D eigenvalue weighted by Crippen LogP contribution is -2.28. The minimum atomic E-state index is 0.00831. The molecule has 0 bridgehead atoms. The van der Waals surface area contributed by atoms with E-state index >= 15 is 0 Å². The summed E-state index contributed by atoms with van der Waals surface area (Å²) in [4.78, 5) is 12.3. The predicted octanol–water partition coefficient (Wildman–Crippen LogP) is 3.95. The highest BCUT2D eigenvalue weighted by atomic mass is 16.1. The van der Waals surface area contributed by atoms with Crippen molar-refractivity contribution in [1.82, 2.24) is 9.78 Å². The smallest absolute Gasteiger partial charge is 0.166 e. The maximum Gasteiger partial charge on any atom is 0.166 e. The summed E-state index contributed by atoms with van der Waals surface area (Å²) in [5.74, 6) is 0.218. The van der Waals surface area contributed by atoms with Crippen LogP contribution in [0, 0.1) is 26.2 Å². The molecule has 0 saturated carbocycles. The predicted molar refractivity (Wildman–Crippen MR) is 84.2 cm³/mol. The van der Waals surface area contributed by atoms with Crippen molar-refractivity contribution in [3.05, 3.63) is 46.3 Å². The van der Waals surface area contributed by atoms with E-state index in [0.29, 0.717) is 6.42 Å². The van der Waals surface area contributed by atoms with Gasteiger partial charge in [0.1, 0.15) is 0 Å². The molecule has 0 atom stereocenters. The fraction of sp³-hybridized carbons (Fsp3) is 0.444. The van der Waals surface area contributed by atoms with Crippen LogP contribution in [0.3, 0.4) is 0 Å². The molecular weight excluding hydrogens is 260 g/mol. The third kappa shape index (κ3) is 2.31. The molecule has 1 aromatic heterocycles. The zero-order chi connectivity index (χ0) is 15.4. The molecule has 0 N–H and O–H groups in total. The Morgan fingerprint density at radius 3 is 2.33 bits per heavy atom. The third-order valence-corrected chi connectivity index (χ3v) is 4.30. The fourth-order valence-corrected chi connectivity index (χ4v) is 3.52. The monoisotopic (exact) mass is 282 g/mol. The molecule has 1 aliphatic rings. The van der Waals surface area contributed by atoms with E-state index in [1.807, 2.05) is 4.68 Å². The van der Waals surface area contributed by atoms with Crippen LogP contribution in [0.1, 0.15) is 53.0 Å². The second-order valence-corrected chi connectivity index (χ2v) is 7.11. The molecule has 0 aliphatic heterocycles. The van der Waals surface area contributed by atoms with Gasteiger partial charge >= 0.3 is 0 Å². The summed E-state index contributed by atoms with van der Waals surface area (Å²) >= 11 is 0. The number of carbonyl (C=O) groups excluding carboxylic acids is 1. The lowest BCUT2D eigenvalue weighted by atomic mass is 9.76. The molecule has 1 heterocycles. The first-order valence-corrected chi connectivity index (χ1v) is 7.47. The average molecular weight is 282 g/mol. The molecule has 0 spiro atoms. The summed E-state index contributed by atoms with van der Waals surface area (Å²) in [6.45, 7) is 10.6. The summed E-state index contributed by atoms with van der Waals surface area (Å²) in [5, 5.41) is 4.53. The molecule has 0 amide bonds. The number of nitrogens with zero attached hydrogens (tertiary/aromatic N) is 2. The summed E-state index contributed by atoms with van der Waals surface area (Å²) in [5.41, 5.74) is 6.65. The number of carbonyl (C=O) groups is 1. The van der Waals surface area contributed by atoms with Gasteiger partial charge in [0.2, 0.25) is 0 Å². The minimum Gasteiger partial charge on any atom is -0.294 e. The van der Waals surface area contributed by atoms with E-state index in [1.54, 1.807) is 6.20 Å². The largest absolute Gasteiger partial charge is 0.294 e. The van der Waals surface area contributed by atoms with Crippen molar-refractivity contribution in [2.75, 3.05) is 0 Å². The number of Topliss-reactive ketones (excluding diaryl/α,β-unsaturated/α-hetero) is 1. The maximum atomic E-state index is 12.3. The highest BCUT2D eigenvalue weighted by molar-refractivity contribution is 5.98. The van der Waals surface area contributed by atoms with Gasteiger partial charge in [-0.15, -0.1) is 0 Å². The van der Waals surface area contributed by atoms with E-state index in [1.165, 1.54) is 16.7 Å². The van der Waals surface area contributed by atoms with E-state index in [4.69, 9.17) is 0 Å². The Balaban J connectivity index is 2.21. The normalized spacial score (nSPS) is 16.9. The lowest BCUT2D eigenvalue weighted by molar-refractivity contribution is 0.0911. The third-order valence-electron chi connectivity index (χ3n) is 4.30. The zero-order valence-corrected chi connectivity index (χ0v) is 13.4. The molecule has 110 valence electrons. The van der Waals surface area contributed by atoms with Crippen LogP contribution in [-0.4, -0.2) is 15.6 Å². The van der Waals surface area contributed by atoms with Crippen LogP contribution in [0.2, 0.25) is 0 Å². The van der Waals surface area contributed by atoms with Crippen LogP contribution in [0.4, 0.5) is 0 Å². The van der Waals surface area contributed by atoms with Crippen molar-refractivity contribution in [2.45, 2.75) is 47.5 Å². The van der Waals surface area contributed by atoms with Crippen LogP contribution in [0.15, 0.2) is 18.3 Å². The highest BCUT2D eigenvalue weighted by Crippen LogP contribution is 2.36. The van der Waals surface area contributed by atoms with Gasteiger partial charge in [0, 0.05) is 6.42 Å². The van der Waals surface area contributed by atoms with Gasteiger partial charge in [-0.1, -0.05) is 31.5 Å². The van der Waals surface area contributed by atoms with E-state index in [0.717, 1.165) is 23.4 Å². The van der Waals surface area contributed by atoms with Crippen molar-refractivity contribution in [3.8, 4) is 5.69 Å². The zero-order valence-electron chi connectivity index (χ0n) is 13.4. The summed E-state index contributed by atoms with van der Waals surface area (Å²) in [6, 6.07) is 4.35. The molecule has 3 nitrogen and oxygen atoms in total. The lowest BCUT2D eigenvalue weighted by Gasteiger charge is -2.29. The van der Waals surface area contributed by atoms with Crippen molar-refractivity contribution in [3.63, 3.8) is 0 Å². The summed E-state index contributed by atoms with van der Waals surface area (Å²) in [7, 11) is 0. The number of hydrogen-bond donors (Lipinski definition) is 0. The molecule has 1 aliphatic carbocycles. The van der Waals surface area contributed by atoms with Crippen molar-refractivity contribution in [2.24, 2.45) is 5.41 Å². The van der Waals surface area contributed by atoms with E-state index in [-0.39, 0.29) is 11.2 Å². The van der Waals surface area contributed by atoms with Crippen molar-refractivity contribution in [1.29, 1.82) is 0 Å². The second kappa shape index (κ2) is 4.55. The van der Waals surface area contributed by atoms with Gasteiger partial charge in [0.05, 0.1) is 23.1 Å². The molecule has 0 radical (unpaired) electrons. The molecule has 0 unspecified atom stereocenters. The number of aromatic nitrogens is 2. The van der Waals surface area contributed by atoms with Crippen LogP contribution in [0.5, 0.6) is 0 Å². The van der Waals surface area contributed by atoms with Gasteiger partial charge in [0.25, 0.3) is 0 Å². The first-order chi connectivity index (χ1) is 9.78. The summed E-state index contributed by atoms with van der Waals surface area (Å²) < 4.78 is 1.98. The molecule has 0 fully saturated rings. The van der Waals surface area contributed by atoms with Crippen LogP contribution in [-0.2, 0) is 6.42 Å². The first-order valence-electron chi connectivity index (χ1n) is 7.47. The second-order valence-electron chi connectivity index (χ2n) is 7.11. The molecule has 1 aromatic carbocycles. The Kier molecular flexibility index (Phi) is 3.05. The van der Waals surface area contributed by atoms with Crippen LogP contribution in [0.25, 0.3) is 5.69 Å². The van der Waals surface area contributed by atoms with Gasteiger partial charge in [0.15, 0.2) is 5.78 Å². The number of fused-ring (bicyclic) bond motifs is 1. The van der Waals surface area contributed by atoms with Crippen LogP contribution >= 0.6 is 0 Å². The summed E-state index contributed by atoms with van der Waals surface area (Å²) in [6.07, 6.45) is 3.24. The van der Waals surface area contributed by atoms with E-state index in [2.05, 4.69) is 51.9 Å². The average Bonchev–Trinajstić information content (AvgIpc) is 2.70. The molecular formula is C18H22N2O. The van der Waals surface area contributed by atoms with Gasteiger partial charge in [-0.2, -0.15) is 5.10 Å². The fourth-order valence-electron chi connectivity index (χ4n) is 3.52. The minimum absolute atomic E-state index is 0.00831. The van der Waals surface area contributed by atoms with Gasteiger partial charge < -0.3 is 0 Å². The molecule has 0 saturated heterocycles. The quantitative estimate of drug-likeness (QED) is 0.793. The van der Waals surface area contributed by atoms with Crippen LogP contribution < -0.4 is 0 Å². The Bertz CT molecular complexity index is 715. The maximum absolute atomic E-state index is 12.3. The van der Waals surface area contributed by atoms with Gasteiger partial charge in [-0.25, -0.2) is 4.68 Å². The number of rotatable bonds is 1. The SMILES string of the molecule is Cc1cc(C)c(-n2ncc3c2CC(C)(C)CC3=O)c(C)c1. The van der Waals surface area contributed by atoms with Gasteiger partial charge in [-0.05, 0) is 43.7 Å². The topological polar surface area (TPSA) is 34.9 Å². The van der Waals surface area contributed by atoms with E-state index in [9.17, 15) is 4.79 Å². The number of hydrogen-bond acceptors (Lipinski definition) is 2. The van der Waals surface area contributed by atoms with Crippen molar-refractivity contribution < 1.29 is 4.79 Å². The molecule has 2 aromatic rings. The number of ketones is 1.